The first-order valence-corrected chi connectivity index (χ1v) is 8.89. The molecule has 0 bridgehead atoms. The van der Waals surface area contributed by atoms with Crippen molar-refractivity contribution in [2.24, 2.45) is 0 Å². The van der Waals surface area contributed by atoms with Crippen LogP contribution < -0.4 is 4.72 Å². The van der Waals surface area contributed by atoms with Gasteiger partial charge in [0.1, 0.15) is 0 Å². The van der Waals surface area contributed by atoms with Crippen LogP contribution >= 0.6 is 11.6 Å². The highest BCUT2D eigenvalue weighted by atomic mass is 35.5. The maximum absolute atomic E-state index is 12.6. The van der Waals surface area contributed by atoms with Gasteiger partial charge in [0.25, 0.3) is 0 Å². The third-order valence-corrected chi connectivity index (χ3v) is 5.59. The fraction of sp³-hybridized carbons (Fsp3) is 0.571. The molecule has 1 heterocycles. The fourth-order valence-electron chi connectivity index (χ4n) is 2.36. The minimum absolute atomic E-state index is 0.122. The van der Waals surface area contributed by atoms with Crippen molar-refractivity contribution in [1.82, 2.24) is 4.72 Å². The molecule has 1 aliphatic rings. The van der Waals surface area contributed by atoms with E-state index in [-0.39, 0.29) is 18.1 Å². The van der Waals surface area contributed by atoms with Crippen molar-refractivity contribution in [3.8, 4) is 0 Å². The van der Waals surface area contributed by atoms with Gasteiger partial charge in [-0.1, -0.05) is 17.7 Å². The second-order valence-electron chi connectivity index (χ2n) is 5.09. The standard InChI is InChI=1S/C14H20ClNO5S/c1-10-11(15)3-2-4-14(10)22(18,19)16-12-5-7-20-9-13(12)21-8-6-17/h2-4,12-13,16-17H,5-9H2,1H3/t12-,13-/m1/s1. The molecule has 0 saturated carbocycles. The number of sulfonamides is 1. The lowest BCUT2D eigenvalue weighted by molar-refractivity contribution is -0.0714. The molecule has 1 aromatic rings. The van der Waals surface area contributed by atoms with Gasteiger partial charge in [-0.15, -0.1) is 0 Å². The molecule has 6 nitrogen and oxygen atoms in total. The second-order valence-corrected chi connectivity index (χ2v) is 7.18. The Balaban J connectivity index is 2.17. The van der Waals surface area contributed by atoms with Crippen molar-refractivity contribution in [3.05, 3.63) is 28.8 Å². The van der Waals surface area contributed by atoms with Gasteiger partial charge in [-0.2, -0.15) is 0 Å². The molecule has 0 aliphatic carbocycles. The topological polar surface area (TPSA) is 84.9 Å². The van der Waals surface area contributed by atoms with E-state index in [1.165, 1.54) is 6.07 Å². The summed E-state index contributed by atoms with van der Waals surface area (Å²) in [4.78, 5) is 0.160. The Hall–Kier alpha value is -0.700. The summed E-state index contributed by atoms with van der Waals surface area (Å²) in [6.45, 7) is 2.44. The summed E-state index contributed by atoms with van der Waals surface area (Å²) in [5.74, 6) is 0. The van der Waals surface area contributed by atoms with Crippen LogP contribution in [0.25, 0.3) is 0 Å². The zero-order valence-electron chi connectivity index (χ0n) is 12.3. The van der Waals surface area contributed by atoms with Crippen LogP contribution in [0.1, 0.15) is 12.0 Å². The molecule has 0 amide bonds. The number of benzene rings is 1. The Bertz CT molecular complexity index is 607. The van der Waals surface area contributed by atoms with Crippen molar-refractivity contribution in [2.45, 2.75) is 30.4 Å². The second kappa shape index (κ2) is 7.72. The van der Waals surface area contributed by atoms with Crippen molar-refractivity contribution >= 4 is 21.6 Å². The summed E-state index contributed by atoms with van der Waals surface area (Å²) in [7, 11) is -3.70. The molecule has 124 valence electrons. The molecule has 1 saturated heterocycles. The van der Waals surface area contributed by atoms with Crippen molar-refractivity contribution in [1.29, 1.82) is 0 Å². The highest BCUT2D eigenvalue weighted by Crippen LogP contribution is 2.24. The van der Waals surface area contributed by atoms with Crippen LogP contribution in [0, 0.1) is 6.92 Å². The van der Waals surface area contributed by atoms with Gasteiger partial charge in [-0.3, -0.25) is 0 Å². The lowest BCUT2D eigenvalue weighted by atomic mass is 10.1. The Labute approximate surface area is 135 Å². The third kappa shape index (κ3) is 4.18. The first-order valence-electron chi connectivity index (χ1n) is 7.03. The molecule has 0 radical (unpaired) electrons. The van der Waals surface area contributed by atoms with Gasteiger partial charge in [0.05, 0.1) is 36.9 Å². The molecule has 0 spiro atoms. The zero-order chi connectivity index (χ0) is 16.2. The molecular weight excluding hydrogens is 330 g/mol. The molecule has 0 aromatic heterocycles. The summed E-state index contributed by atoms with van der Waals surface area (Å²) in [6, 6.07) is 4.38. The zero-order valence-corrected chi connectivity index (χ0v) is 13.9. The number of nitrogens with one attached hydrogen (secondary N) is 1. The third-order valence-electron chi connectivity index (χ3n) is 3.54. The van der Waals surface area contributed by atoms with Crippen molar-refractivity contribution in [2.75, 3.05) is 26.4 Å². The summed E-state index contributed by atoms with van der Waals surface area (Å²) >= 11 is 6.00. The number of halogens is 1. The maximum Gasteiger partial charge on any atom is 0.241 e. The van der Waals surface area contributed by atoms with Gasteiger partial charge in [-0.25, -0.2) is 13.1 Å². The SMILES string of the molecule is Cc1c(Cl)cccc1S(=O)(=O)N[C@@H]1CCOC[C@H]1OCCO. The highest BCUT2D eigenvalue weighted by molar-refractivity contribution is 7.89. The molecular formula is C14H20ClNO5S. The Morgan fingerprint density at radius 2 is 2.27 bits per heavy atom. The van der Waals surface area contributed by atoms with Crippen molar-refractivity contribution in [3.63, 3.8) is 0 Å². The number of ether oxygens (including phenoxy) is 2. The number of rotatable bonds is 6. The van der Waals surface area contributed by atoms with Crippen LogP contribution in [0.4, 0.5) is 0 Å². The van der Waals surface area contributed by atoms with Gasteiger partial charge in [0.2, 0.25) is 10.0 Å². The molecule has 2 atom stereocenters. The van der Waals surface area contributed by atoms with E-state index >= 15 is 0 Å². The summed E-state index contributed by atoms with van der Waals surface area (Å²) < 4.78 is 38.6. The number of aliphatic hydroxyl groups excluding tert-OH is 1. The first-order chi connectivity index (χ1) is 10.5. The average Bonchev–Trinajstić information content (AvgIpc) is 2.48. The molecule has 22 heavy (non-hydrogen) atoms. The van der Waals surface area contributed by atoms with Gasteiger partial charge < -0.3 is 14.6 Å². The lowest BCUT2D eigenvalue weighted by Gasteiger charge is -2.31. The van der Waals surface area contributed by atoms with Gasteiger partial charge >= 0.3 is 0 Å². The van der Waals surface area contributed by atoms with Crippen LogP contribution in [0.3, 0.4) is 0 Å². The van der Waals surface area contributed by atoms with Crippen LogP contribution in [0.15, 0.2) is 23.1 Å². The smallest absolute Gasteiger partial charge is 0.241 e. The minimum atomic E-state index is -3.70. The summed E-state index contributed by atoms with van der Waals surface area (Å²) in [5.41, 5.74) is 0.511. The van der Waals surface area contributed by atoms with E-state index in [4.69, 9.17) is 26.2 Å². The Kier molecular flexibility index (Phi) is 6.19. The van der Waals surface area contributed by atoms with E-state index in [0.29, 0.717) is 30.2 Å². The van der Waals surface area contributed by atoms with Crippen LogP contribution in [0.5, 0.6) is 0 Å². The number of hydrogen-bond donors (Lipinski definition) is 2. The van der Waals surface area contributed by atoms with Crippen molar-refractivity contribution < 1.29 is 23.0 Å². The summed E-state index contributed by atoms with van der Waals surface area (Å²) in [6.07, 6.45) is 0.0877. The predicted molar refractivity (Wildman–Crippen MR) is 82.6 cm³/mol. The molecule has 1 aliphatic heterocycles. The monoisotopic (exact) mass is 349 g/mol. The Morgan fingerprint density at radius 3 is 3.00 bits per heavy atom. The molecule has 1 fully saturated rings. The van der Waals surface area contributed by atoms with E-state index in [0.717, 1.165) is 0 Å². The van der Waals surface area contributed by atoms with E-state index in [9.17, 15) is 8.42 Å². The molecule has 2 N–H and O–H groups in total. The molecule has 2 rings (SSSR count). The molecule has 1 aromatic carbocycles. The maximum atomic E-state index is 12.6. The minimum Gasteiger partial charge on any atom is -0.394 e. The van der Waals surface area contributed by atoms with Crippen LogP contribution in [-0.4, -0.2) is 52.1 Å². The van der Waals surface area contributed by atoms with E-state index < -0.39 is 22.2 Å². The number of hydrogen-bond acceptors (Lipinski definition) is 5. The van der Waals surface area contributed by atoms with Gasteiger partial charge in [-0.05, 0) is 31.0 Å². The van der Waals surface area contributed by atoms with Gasteiger partial charge in [0.15, 0.2) is 0 Å². The predicted octanol–water partition coefficient (Wildman–Crippen LogP) is 1.09. The van der Waals surface area contributed by atoms with Crippen LogP contribution in [-0.2, 0) is 19.5 Å². The van der Waals surface area contributed by atoms with E-state index in [1.807, 2.05) is 0 Å². The average molecular weight is 350 g/mol. The molecule has 8 heteroatoms. The first kappa shape index (κ1) is 17.7. The normalized spacial score (nSPS) is 22.7. The summed E-state index contributed by atoms with van der Waals surface area (Å²) in [5, 5.41) is 9.25. The highest BCUT2D eigenvalue weighted by Gasteiger charge is 2.31. The quantitative estimate of drug-likeness (QED) is 0.803. The fourth-order valence-corrected chi connectivity index (χ4v) is 4.15. The largest absolute Gasteiger partial charge is 0.394 e. The Morgan fingerprint density at radius 1 is 1.50 bits per heavy atom. The lowest BCUT2D eigenvalue weighted by Crippen LogP contribution is -2.50. The molecule has 0 unspecified atom stereocenters. The van der Waals surface area contributed by atoms with Crippen LogP contribution in [0.2, 0.25) is 5.02 Å². The van der Waals surface area contributed by atoms with Gasteiger partial charge in [0, 0.05) is 11.6 Å². The number of aliphatic hydroxyl groups is 1. The van der Waals surface area contributed by atoms with E-state index in [2.05, 4.69) is 4.72 Å². The van der Waals surface area contributed by atoms with E-state index in [1.54, 1.807) is 19.1 Å².